The van der Waals surface area contributed by atoms with Crippen molar-refractivity contribution in [2.75, 3.05) is 26.2 Å². The number of nitrogens with zero attached hydrogens (tertiary/aromatic N) is 4. The predicted molar refractivity (Wildman–Crippen MR) is 121 cm³/mol. The summed E-state index contributed by atoms with van der Waals surface area (Å²) in [7, 11) is 1.80. The van der Waals surface area contributed by atoms with Crippen molar-refractivity contribution in [3.63, 3.8) is 0 Å². The lowest BCUT2D eigenvalue weighted by Crippen LogP contribution is -2.50. The Morgan fingerprint density at radius 3 is 2.52 bits per heavy atom. The molecule has 2 aliphatic rings. The van der Waals surface area contributed by atoms with Gasteiger partial charge in [0.1, 0.15) is 5.69 Å². The van der Waals surface area contributed by atoms with Gasteiger partial charge in [-0.1, -0.05) is 43.7 Å². The molecule has 0 spiro atoms. The second-order valence-corrected chi connectivity index (χ2v) is 9.31. The maximum absolute atomic E-state index is 13.7. The molecule has 166 valence electrons. The number of aromatic nitrogens is 2. The van der Waals surface area contributed by atoms with E-state index >= 15 is 0 Å². The molecule has 1 aromatic heterocycles. The van der Waals surface area contributed by atoms with Gasteiger partial charge in [-0.15, -0.1) is 0 Å². The molecule has 0 saturated carbocycles. The maximum atomic E-state index is 13.7. The number of benzene rings is 1. The van der Waals surface area contributed by atoms with Crippen molar-refractivity contribution in [3.05, 3.63) is 53.9 Å². The highest BCUT2D eigenvalue weighted by molar-refractivity contribution is 5.92. The van der Waals surface area contributed by atoms with Gasteiger partial charge in [0, 0.05) is 44.8 Å². The maximum Gasteiger partial charge on any atom is 0.272 e. The summed E-state index contributed by atoms with van der Waals surface area (Å²) in [5.41, 5.74) is 1.58. The third kappa shape index (κ3) is 4.53. The smallest absolute Gasteiger partial charge is 0.272 e. The molecule has 6 nitrogen and oxygen atoms in total. The third-order valence-electron chi connectivity index (χ3n) is 7.39. The van der Waals surface area contributed by atoms with Gasteiger partial charge in [0.15, 0.2) is 0 Å². The second-order valence-electron chi connectivity index (χ2n) is 9.31. The third-order valence-corrected chi connectivity index (χ3v) is 7.39. The summed E-state index contributed by atoms with van der Waals surface area (Å²) in [6.45, 7) is 5.25. The summed E-state index contributed by atoms with van der Waals surface area (Å²) in [5, 5.41) is 4.12. The molecule has 3 heterocycles. The first-order valence-electron chi connectivity index (χ1n) is 11.6. The lowest BCUT2D eigenvalue weighted by molar-refractivity contribution is -0.144. The van der Waals surface area contributed by atoms with Crippen molar-refractivity contribution in [1.29, 1.82) is 0 Å². The number of aryl methyl sites for hydroxylation is 1. The van der Waals surface area contributed by atoms with Crippen molar-refractivity contribution >= 4 is 11.8 Å². The molecule has 2 fully saturated rings. The van der Waals surface area contributed by atoms with E-state index in [9.17, 15) is 9.59 Å². The van der Waals surface area contributed by atoms with Crippen molar-refractivity contribution in [2.24, 2.45) is 18.4 Å². The lowest BCUT2D eigenvalue weighted by Gasteiger charge is -2.43. The number of rotatable bonds is 5. The van der Waals surface area contributed by atoms with Gasteiger partial charge in [0.2, 0.25) is 5.91 Å². The Morgan fingerprint density at radius 1 is 1.10 bits per heavy atom. The van der Waals surface area contributed by atoms with Crippen LogP contribution in [0.25, 0.3) is 0 Å². The van der Waals surface area contributed by atoms with Crippen LogP contribution in [-0.4, -0.2) is 57.6 Å². The quantitative estimate of drug-likeness (QED) is 0.741. The monoisotopic (exact) mass is 422 g/mol. The average molecular weight is 423 g/mol. The van der Waals surface area contributed by atoms with Crippen molar-refractivity contribution in [3.8, 4) is 0 Å². The first-order chi connectivity index (χ1) is 15.0. The van der Waals surface area contributed by atoms with Crippen LogP contribution in [0.5, 0.6) is 0 Å². The summed E-state index contributed by atoms with van der Waals surface area (Å²) < 4.78 is 1.63. The van der Waals surface area contributed by atoms with Crippen LogP contribution in [0.1, 0.15) is 55.1 Å². The first kappa shape index (κ1) is 21.6. The minimum Gasteiger partial charge on any atom is -0.342 e. The van der Waals surface area contributed by atoms with Gasteiger partial charge >= 0.3 is 0 Å². The molecular weight excluding hydrogens is 388 g/mol. The molecule has 1 aromatic carbocycles. The molecule has 2 aliphatic heterocycles. The average Bonchev–Trinajstić information content (AvgIpc) is 3.17. The molecule has 0 aliphatic carbocycles. The van der Waals surface area contributed by atoms with Crippen molar-refractivity contribution < 1.29 is 9.59 Å². The minimum atomic E-state index is -0.325. The predicted octanol–water partition coefficient (Wildman–Crippen LogP) is 3.53. The minimum absolute atomic E-state index is 0.0419. The highest BCUT2D eigenvalue weighted by atomic mass is 16.2. The fourth-order valence-electron chi connectivity index (χ4n) is 5.33. The zero-order chi connectivity index (χ0) is 21.8. The zero-order valence-electron chi connectivity index (χ0n) is 18.8. The van der Waals surface area contributed by atoms with E-state index in [1.807, 2.05) is 11.0 Å². The first-order valence-corrected chi connectivity index (χ1v) is 11.6. The molecule has 2 saturated heterocycles. The van der Waals surface area contributed by atoms with E-state index in [2.05, 4.69) is 41.2 Å². The molecule has 1 atom stereocenters. The second kappa shape index (κ2) is 9.25. The summed E-state index contributed by atoms with van der Waals surface area (Å²) in [6.07, 6.45) is 7.46. The van der Waals surface area contributed by atoms with Gasteiger partial charge in [-0.3, -0.25) is 14.3 Å². The normalized spacial score (nSPS) is 23.1. The Kier molecular flexibility index (Phi) is 6.44. The Hall–Kier alpha value is -2.63. The molecule has 2 aromatic rings. The highest BCUT2D eigenvalue weighted by Crippen LogP contribution is 2.42. The Balaban J connectivity index is 1.40. The van der Waals surface area contributed by atoms with Crippen LogP contribution < -0.4 is 0 Å². The van der Waals surface area contributed by atoms with Gasteiger partial charge in [0.25, 0.3) is 5.91 Å². The molecule has 0 radical (unpaired) electrons. The largest absolute Gasteiger partial charge is 0.342 e. The fraction of sp³-hybridized carbons (Fsp3) is 0.560. The Bertz CT molecular complexity index is 901. The van der Waals surface area contributed by atoms with E-state index in [1.54, 1.807) is 24.0 Å². The van der Waals surface area contributed by atoms with E-state index in [4.69, 9.17) is 0 Å². The van der Waals surface area contributed by atoms with Crippen molar-refractivity contribution in [2.45, 2.75) is 45.4 Å². The van der Waals surface area contributed by atoms with Crippen molar-refractivity contribution in [1.82, 2.24) is 19.6 Å². The number of carbonyl (C=O) groups is 2. The standard InChI is InChI=1S/C25H34N4O2/c1-25(21-12-18-28(19-13-21)23(30)22-10-15-26-27(22)2)14-6-7-16-29(24(25)31)17-11-20-8-4-3-5-9-20/h3-5,8-10,15,21H,6-7,11-14,16-19H2,1-2H3. The van der Waals surface area contributed by atoms with Gasteiger partial charge in [-0.25, -0.2) is 0 Å². The Labute approximate surface area is 185 Å². The van der Waals surface area contributed by atoms with E-state index in [-0.39, 0.29) is 11.3 Å². The number of likely N-dealkylation sites (tertiary alicyclic amines) is 2. The molecule has 31 heavy (non-hydrogen) atoms. The number of hydrogen-bond acceptors (Lipinski definition) is 3. The molecule has 1 unspecified atom stereocenters. The highest BCUT2D eigenvalue weighted by Gasteiger charge is 2.45. The van der Waals surface area contributed by atoms with Crippen LogP contribution in [0.2, 0.25) is 0 Å². The van der Waals surface area contributed by atoms with Crippen LogP contribution in [0, 0.1) is 11.3 Å². The topological polar surface area (TPSA) is 58.4 Å². The van der Waals surface area contributed by atoms with Crippen LogP contribution in [0.15, 0.2) is 42.6 Å². The fourth-order valence-corrected chi connectivity index (χ4v) is 5.33. The van der Waals surface area contributed by atoms with Crippen LogP contribution in [0.3, 0.4) is 0 Å². The van der Waals surface area contributed by atoms with Crippen LogP contribution in [-0.2, 0) is 18.3 Å². The number of piperidine rings is 1. The number of amides is 2. The molecule has 0 bridgehead atoms. The zero-order valence-corrected chi connectivity index (χ0v) is 18.8. The van der Waals surface area contributed by atoms with Gasteiger partial charge < -0.3 is 9.80 Å². The van der Waals surface area contributed by atoms with Gasteiger partial charge in [0.05, 0.1) is 0 Å². The summed E-state index contributed by atoms with van der Waals surface area (Å²) in [6, 6.07) is 12.2. The molecule has 2 amide bonds. The van der Waals surface area contributed by atoms with E-state index in [1.165, 1.54) is 5.56 Å². The van der Waals surface area contributed by atoms with E-state index in [0.717, 1.165) is 51.6 Å². The molecule has 4 rings (SSSR count). The van der Waals surface area contributed by atoms with Gasteiger partial charge in [-0.05, 0) is 49.7 Å². The van der Waals surface area contributed by atoms with Gasteiger partial charge in [-0.2, -0.15) is 5.10 Å². The van der Waals surface area contributed by atoms with E-state index in [0.29, 0.717) is 30.6 Å². The SMILES string of the molecule is Cn1nccc1C(=O)N1CCC(C2(C)CCCCN(CCc3ccccc3)C2=O)CC1. The van der Waals surface area contributed by atoms with Crippen LogP contribution >= 0.6 is 0 Å². The van der Waals surface area contributed by atoms with Crippen LogP contribution in [0.4, 0.5) is 0 Å². The molecule has 0 N–H and O–H groups in total. The summed E-state index contributed by atoms with van der Waals surface area (Å²) in [4.78, 5) is 30.5. The Morgan fingerprint density at radius 2 is 1.84 bits per heavy atom. The molecule has 6 heteroatoms. The number of carbonyl (C=O) groups excluding carboxylic acids is 2. The molecular formula is C25H34N4O2. The lowest BCUT2D eigenvalue weighted by atomic mass is 9.69. The summed E-state index contributed by atoms with van der Waals surface area (Å²) in [5.74, 6) is 0.686. The number of hydrogen-bond donors (Lipinski definition) is 0. The summed E-state index contributed by atoms with van der Waals surface area (Å²) >= 11 is 0. The van der Waals surface area contributed by atoms with E-state index < -0.39 is 0 Å².